The fraction of sp³-hybridized carbons (Fsp3) is 0.308. The third-order valence-electron chi connectivity index (χ3n) is 5.93. The maximum Gasteiger partial charge on any atom is 0.175 e. The minimum Gasteiger partial charge on any atom is -0.593 e. The van der Waals surface area contributed by atoms with E-state index in [2.05, 4.69) is 65.1 Å². The maximum absolute atomic E-state index is 12.7. The molecule has 0 aromatic heterocycles. The Bertz CT molecular complexity index is 1070. The third kappa shape index (κ3) is 5.69. The zero-order chi connectivity index (χ0) is 21.8. The summed E-state index contributed by atoms with van der Waals surface area (Å²) in [7, 11) is -3.46. The number of sulfonamides is 1. The number of aryl methyl sites for hydroxylation is 2. The van der Waals surface area contributed by atoms with E-state index in [1.165, 1.54) is 22.3 Å². The number of benzene rings is 3. The molecule has 1 fully saturated rings. The van der Waals surface area contributed by atoms with Gasteiger partial charge in [0.15, 0.2) is 15.3 Å². The highest BCUT2D eigenvalue weighted by Gasteiger charge is 2.28. The monoisotopic (exact) mass is 434 g/mol. The van der Waals surface area contributed by atoms with Crippen molar-refractivity contribution in [2.24, 2.45) is 0 Å². The topological polar surface area (TPSA) is 55.4 Å². The summed E-state index contributed by atoms with van der Waals surface area (Å²) in [5.41, 5.74) is 6.09. The van der Waals surface area contributed by atoms with Crippen molar-refractivity contribution >= 4 is 10.4 Å². The van der Waals surface area contributed by atoms with Crippen LogP contribution in [0, 0.1) is 13.8 Å². The summed E-state index contributed by atoms with van der Waals surface area (Å²) in [4.78, 5) is 2.75. The summed E-state index contributed by atoms with van der Waals surface area (Å²) in [6.07, 6.45) is 1.64. The van der Waals surface area contributed by atoms with Gasteiger partial charge in [-0.3, -0.25) is 4.90 Å². The lowest BCUT2D eigenvalue weighted by Crippen LogP contribution is -2.46. The highest BCUT2D eigenvalue weighted by atomic mass is 32.3. The van der Waals surface area contributed by atoms with Crippen LogP contribution in [0.5, 0.6) is 0 Å². The molecule has 4 rings (SSSR count). The van der Waals surface area contributed by atoms with Crippen molar-refractivity contribution in [3.05, 3.63) is 89.5 Å². The van der Waals surface area contributed by atoms with Gasteiger partial charge in [0.05, 0.1) is 6.04 Å². The number of rotatable bonds is 6. The minimum absolute atomic E-state index is 0.0128. The Morgan fingerprint density at radius 3 is 2.23 bits per heavy atom. The Hall–Kier alpha value is -2.31. The summed E-state index contributed by atoms with van der Waals surface area (Å²) >= 11 is 0. The van der Waals surface area contributed by atoms with Gasteiger partial charge >= 0.3 is 0 Å². The average molecular weight is 435 g/mol. The molecule has 1 atom stereocenters. The van der Waals surface area contributed by atoms with E-state index in [1.54, 1.807) is 12.1 Å². The summed E-state index contributed by atoms with van der Waals surface area (Å²) in [5, 5.41) is 0. The largest absolute Gasteiger partial charge is 0.593 e. The van der Waals surface area contributed by atoms with Crippen LogP contribution < -0.4 is 4.72 Å². The molecule has 31 heavy (non-hydrogen) atoms. The Kier molecular flexibility index (Phi) is 6.68. The summed E-state index contributed by atoms with van der Waals surface area (Å²) in [6.45, 7) is 6.73. The summed E-state index contributed by atoms with van der Waals surface area (Å²) in [5.74, 6) is 0. The molecule has 0 saturated carbocycles. The molecule has 0 spiro atoms. The van der Waals surface area contributed by atoms with E-state index in [9.17, 15) is 8.76 Å². The zero-order valence-electron chi connectivity index (χ0n) is 18.2. The van der Waals surface area contributed by atoms with Gasteiger partial charge in [-0.25, -0.2) is 0 Å². The van der Waals surface area contributed by atoms with Gasteiger partial charge in [0.25, 0.3) is 0 Å². The maximum atomic E-state index is 12.7. The number of likely N-dealkylation sites (tertiary alicyclic amines) is 1. The van der Waals surface area contributed by atoms with Crippen LogP contribution in [0.4, 0.5) is 0 Å². The van der Waals surface area contributed by atoms with Crippen LogP contribution in [0.15, 0.2) is 77.7 Å². The van der Waals surface area contributed by atoms with Crippen LogP contribution >= 0.6 is 0 Å². The summed E-state index contributed by atoms with van der Waals surface area (Å²) in [6, 6.07) is 24.3. The molecule has 1 heterocycles. The van der Waals surface area contributed by atoms with Crippen molar-refractivity contribution in [1.82, 2.24) is 9.62 Å². The van der Waals surface area contributed by atoms with Crippen LogP contribution in [0.3, 0.4) is 0 Å². The highest BCUT2D eigenvalue weighted by molar-refractivity contribution is 7.95. The first kappa shape index (κ1) is 21.9. The Morgan fingerprint density at radius 1 is 0.903 bits per heavy atom. The quantitative estimate of drug-likeness (QED) is 0.547. The number of hydrogen-bond acceptors (Lipinski definition) is 3. The van der Waals surface area contributed by atoms with E-state index in [1.807, 2.05) is 19.1 Å². The van der Waals surface area contributed by atoms with Crippen molar-refractivity contribution in [3.8, 4) is 11.1 Å². The van der Waals surface area contributed by atoms with E-state index in [-0.39, 0.29) is 6.04 Å². The fourth-order valence-corrected chi connectivity index (χ4v) is 5.45. The lowest BCUT2D eigenvalue weighted by Gasteiger charge is -2.32. The predicted molar refractivity (Wildman–Crippen MR) is 126 cm³/mol. The van der Waals surface area contributed by atoms with Crippen LogP contribution in [0.2, 0.25) is 0 Å². The molecule has 0 radical (unpaired) electrons. The van der Waals surface area contributed by atoms with Gasteiger partial charge in [-0.05, 0) is 61.6 Å². The molecule has 1 N–H and O–H groups in total. The van der Waals surface area contributed by atoms with Gasteiger partial charge in [-0.2, -0.15) is 0 Å². The smallest absolute Gasteiger partial charge is 0.175 e. The molecule has 1 unspecified atom stereocenters. The highest BCUT2D eigenvalue weighted by Crippen LogP contribution is 2.24. The second kappa shape index (κ2) is 9.45. The molecule has 1 aliphatic rings. The van der Waals surface area contributed by atoms with Crippen LogP contribution in [-0.2, 0) is 21.2 Å². The second-order valence-electron chi connectivity index (χ2n) is 8.55. The van der Waals surface area contributed by atoms with Gasteiger partial charge in [0.2, 0.25) is 0 Å². The average Bonchev–Trinajstić information content (AvgIpc) is 2.75. The molecule has 0 bridgehead atoms. The van der Waals surface area contributed by atoms with Crippen LogP contribution in [0.25, 0.3) is 11.1 Å². The molecular formula is C26H30N2O2S. The predicted octanol–water partition coefficient (Wildman–Crippen LogP) is 5.13. The Labute approximate surface area is 186 Å². The van der Waals surface area contributed by atoms with Crippen molar-refractivity contribution in [2.45, 2.75) is 44.2 Å². The Balaban J connectivity index is 1.34. The molecule has 4 nitrogen and oxygen atoms in total. The van der Waals surface area contributed by atoms with Crippen LogP contribution in [-0.4, -0.2) is 28.6 Å². The number of hydrogen-bond donors (Lipinski definition) is 1. The SMILES string of the molecule is Cc1ccc([S+](=O)([O-])NC2CCN(Cc3cccc(-c4cccc(C)c4)c3)CC2)cc1. The molecule has 0 amide bonds. The first-order valence-electron chi connectivity index (χ1n) is 10.9. The molecular weight excluding hydrogens is 404 g/mol. The number of piperidine rings is 1. The molecule has 162 valence electrons. The molecule has 1 saturated heterocycles. The molecule has 5 heteroatoms. The zero-order valence-corrected chi connectivity index (χ0v) is 19.0. The Morgan fingerprint density at radius 2 is 1.55 bits per heavy atom. The lowest BCUT2D eigenvalue weighted by atomic mass is 10.0. The lowest BCUT2D eigenvalue weighted by molar-refractivity contribution is 0.198. The summed E-state index contributed by atoms with van der Waals surface area (Å²) < 4.78 is 28.2. The van der Waals surface area contributed by atoms with E-state index in [0.29, 0.717) is 4.90 Å². The third-order valence-corrected chi connectivity index (χ3v) is 7.46. The van der Waals surface area contributed by atoms with Crippen molar-refractivity contribution in [3.63, 3.8) is 0 Å². The van der Waals surface area contributed by atoms with Crippen molar-refractivity contribution < 1.29 is 8.76 Å². The van der Waals surface area contributed by atoms with Crippen molar-refractivity contribution in [1.29, 1.82) is 0 Å². The molecule has 3 aromatic carbocycles. The number of nitrogens with one attached hydrogen (secondary N) is 1. The molecule has 3 aromatic rings. The van der Waals surface area contributed by atoms with Gasteiger partial charge < -0.3 is 4.55 Å². The molecule has 1 aliphatic heterocycles. The van der Waals surface area contributed by atoms with E-state index < -0.39 is 10.4 Å². The first-order chi connectivity index (χ1) is 14.9. The van der Waals surface area contributed by atoms with Crippen molar-refractivity contribution in [2.75, 3.05) is 13.1 Å². The minimum atomic E-state index is -3.46. The van der Waals surface area contributed by atoms with E-state index >= 15 is 0 Å². The van der Waals surface area contributed by atoms with Gasteiger partial charge in [-0.1, -0.05) is 69.9 Å². The normalized spacial score (nSPS) is 17.4. The molecule has 0 aliphatic carbocycles. The second-order valence-corrected chi connectivity index (χ2v) is 10.3. The fourth-order valence-electron chi connectivity index (χ4n) is 4.15. The van der Waals surface area contributed by atoms with E-state index in [0.717, 1.165) is 38.0 Å². The van der Waals surface area contributed by atoms with Crippen LogP contribution in [0.1, 0.15) is 29.5 Å². The van der Waals surface area contributed by atoms with E-state index in [4.69, 9.17) is 0 Å². The van der Waals surface area contributed by atoms with Gasteiger partial charge in [0, 0.05) is 19.6 Å². The van der Waals surface area contributed by atoms with Gasteiger partial charge in [-0.15, -0.1) is 4.72 Å². The standard InChI is InChI=1S/C26H30N2O2S/c1-20-9-11-26(12-10-20)31(29,30)27-25-13-15-28(16-14-25)19-22-6-4-8-24(18-22)23-7-3-5-21(2)17-23/h3-12,17-18,25H,13-16,19H2,1-2H3,(H-,27,29,30). The van der Waals surface area contributed by atoms with Gasteiger partial charge in [0.1, 0.15) is 0 Å². The first-order valence-corrected chi connectivity index (χ1v) is 12.3. The number of nitrogens with zero attached hydrogens (tertiary/aromatic N) is 1.